The Balaban J connectivity index is 1.41. The lowest BCUT2D eigenvalue weighted by Crippen LogP contribution is -3.11. The second-order valence-electron chi connectivity index (χ2n) is 10.7. The smallest absolute Gasteiger partial charge is 0.125 e. The van der Waals surface area contributed by atoms with E-state index in [0.29, 0.717) is 11.2 Å². The molecule has 0 aromatic heterocycles. The van der Waals surface area contributed by atoms with Gasteiger partial charge in [-0.15, -0.1) is 0 Å². The van der Waals surface area contributed by atoms with Crippen molar-refractivity contribution in [3.63, 3.8) is 0 Å². The van der Waals surface area contributed by atoms with Crippen molar-refractivity contribution in [2.24, 2.45) is 17.8 Å². The van der Waals surface area contributed by atoms with Crippen molar-refractivity contribution >= 4 is 10.8 Å². The molecule has 4 saturated carbocycles. The van der Waals surface area contributed by atoms with Gasteiger partial charge in [-0.2, -0.15) is 0 Å². The number of quaternary nitrogens is 1. The van der Waals surface area contributed by atoms with Gasteiger partial charge >= 0.3 is 0 Å². The number of rotatable bonds is 3. The number of phenolic OH excluding ortho intramolecular Hbond substituents is 1. The van der Waals surface area contributed by atoms with Crippen LogP contribution in [0.3, 0.4) is 0 Å². The molecule has 2 heteroatoms. The van der Waals surface area contributed by atoms with Gasteiger partial charge in [-0.3, -0.25) is 0 Å². The van der Waals surface area contributed by atoms with Gasteiger partial charge in [0.25, 0.3) is 0 Å². The molecule has 2 nitrogen and oxygen atoms in total. The molecule has 7 rings (SSSR count). The molecule has 4 bridgehead atoms. The molecule has 2 N–H and O–H groups in total. The van der Waals surface area contributed by atoms with Crippen LogP contribution in [0.5, 0.6) is 5.75 Å². The van der Waals surface area contributed by atoms with Gasteiger partial charge in [-0.25, -0.2) is 0 Å². The van der Waals surface area contributed by atoms with E-state index in [1.54, 1.807) is 10.5 Å². The van der Waals surface area contributed by atoms with E-state index in [9.17, 15) is 5.11 Å². The summed E-state index contributed by atoms with van der Waals surface area (Å²) in [4.78, 5) is 1.65. The van der Waals surface area contributed by atoms with E-state index in [1.807, 2.05) is 6.07 Å². The van der Waals surface area contributed by atoms with Crippen molar-refractivity contribution in [1.82, 2.24) is 0 Å². The van der Waals surface area contributed by atoms with E-state index < -0.39 is 0 Å². The summed E-state index contributed by atoms with van der Waals surface area (Å²) < 4.78 is 0. The minimum Gasteiger partial charge on any atom is -0.507 e. The average molecular weight is 377 g/mol. The molecule has 2 aromatic carbocycles. The topological polar surface area (TPSA) is 24.7 Å². The first-order valence-corrected chi connectivity index (χ1v) is 11.8. The summed E-state index contributed by atoms with van der Waals surface area (Å²) in [6.07, 6.45) is 12.8. The first-order chi connectivity index (χ1) is 13.7. The number of nitrogens with one attached hydrogen (secondary N) is 1. The zero-order chi connectivity index (χ0) is 18.7. The third-order valence-electron chi connectivity index (χ3n) is 8.75. The van der Waals surface area contributed by atoms with Gasteiger partial charge in [0.15, 0.2) is 0 Å². The third kappa shape index (κ3) is 2.79. The number of likely N-dealkylation sites (tertiary alicyclic amines) is 1. The second-order valence-corrected chi connectivity index (χ2v) is 10.7. The van der Waals surface area contributed by atoms with E-state index >= 15 is 0 Å². The number of hydrogen-bond donors (Lipinski definition) is 2. The highest BCUT2D eigenvalue weighted by molar-refractivity contribution is 5.88. The molecule has 148 valence electrons. The summed E-state index contributed by atoms with van der Waals surface area (Å²) in [5.74, 6) is 3.43. The fourth-order valence-electron chi connectivity index (χ4n) is 7.83. The van der Waals surface area contributed by atoms with Gasteiger partial charge in [-0.1, -0.05) is 18.2 Å². The van der Waals surface area contributed by atoms with E-state index in [2.05, 4.69) is 24.3 Å². The van der Waals surface area contributed by atoms with Crippen molar-refractivity contribution in [3.05, 3.63) is 41.5 Å². The molecule has 1 heterocycles. The van der Waals surface area contributed by atoms with Gasteiger partial charge in [-0.05, 0) is 109 Å². The zero-order valence-electron chi connectivity index (χ0n) is 17.1. The molecule has 5 fully saturated rings. The highest BCUT2D eigenvalue weighted by atomic mass is 16.3. The Morgan fingerprint density at radius 1 is 0.857 bits per heavy atom. The van der Waals surface area contributed by atoms with Crippen LogP contribution in [-0.2, 0) is 12.0 Å². The minimum absolute atomic E-state index is 0.434. The first kappa shape index (κ1) is 17.3. The number of phenols is 1. The summed E-state index contributed by atoms with van der Waals surface area (Å²) in [6, 6.07) is 11.3. The fraction of sp³-hybridized carbons (Fsp3) is 0.615. The van der Waals surface area contributed by atoms with Gasteiger partial charge in [0.2, 0.25) is 0 Å². The fourth-order valence-corrected chi connectivity index (χ4v) is 7.83. The van der Waals surface area contributed by atoms with Crippen LogP contribution in [-0.4, -0.2) is 18.2 Å². The molecule has 0 radical (unpaired) electrons. The van der Waals surface area contributed by atoms with Crippen LogP contribution in [0.1, 0.15) is 68.9 Å². The van der Waals surface area contributed by atoms with Crippen molar-refractivity contribution in [2.75, 3.05) is 13.1 Å². The van der Waals surface area contributed by atoms with Crippen LogP contribution >= 0.6 is 0 Å². The summed E-state index contributed by atoms with van der Waals surface area (Å²) in [5, 5.41) is 13.4. The predicted molar refractivity (Wildman–Crippen MR) is 114 cm³/mol. The number of hydrogen-bond acceptors (Lipinski definition) is 1. The normalized spacial score (nSPS) is 34.9. The Bertz CT molecular complexity index is 859. The van der Waals surface area contributed by atoms with Crippen molar-refractivity contribution < 1.29 is 10.0 Å². The molecule has 5 aliphatic rings. The largest absolute Gasteiger partial charge is 0.507 e. The van der Waals surface area contributed by atoms with Crippen LogP contribution in [0, 0.1) is 17.8 Å². The molecular weight excluding hydrogens is 342 g/mol. The minimum atomic E-state index is 0.434. The molecule has 2 aromatic rings. The summed E-state index contributed by atoms with van der Waals surface area (Å²) in [6.45, 7) is 3.49. The molecule has 28 heavy (non-hydrogen) atoms. The van der Waals surface area contributed by atoms with Crippen LogP contribution in [0.2, 0.25) is 0 Å². The predicted octanol–water partition coefficient (Wildman–Crippen LogP) is 4.58. The maximum atomic E-state index is 10.8. The third-order valence-corrected chi connectivity index (χ3v) is 8.75. The maximum absolute atomic E-state index is 10.8. The molecule has 1 aliphatic heterocycles. The van der Waals surface area contributed by atoms with E-state index in [4.69, 9.17) is 0 Å². The average Bonchev–Trinajstić information content (AvgIpc) is 2.70. The lowest BCUT2D eigenvalue weighted by Gasteiger charge is -2.57. The highest BCUT2D eigenvalue weighted by Crippen LogP contribution is 2.60. The monoisotopic (exact) mass is 376 g/mol. The molecule has 4 aliphatic carbocycles. The van der Waals surface area contributed by atoms with E-state index in [1.165, 1.54) is 87.2 Å². The lowest BCUT2D eigenvalue weighted by atomic mass is 9.48. The molecule has 1 saturated heterocycles. The SMILES string of the molecule is Oc1ccc2ccc(C34CC5CC(CC(C5)C3)C4)cc2c1C[NH+]1CCCCC1. The van der Waals surface area contributed by atoms with Crippen molar-refractivity contribution in [1.29, 1.82) is 0 Å². The summed E-state index contributed by atoms with van der Waals surface area (Å²) >= 11 is 0. The maximum Gasteiger partial charge on any atom is 0.125 e. The first-order valence-electron chi connectivity index (χ1n) is 11.8. The Morgan fingerprint density at radius 2 is 1.50 bits per heavy atom. The van der Waals surface area contributed by atoms with Crippen LogP contribution in [0.15, 0.2) is 30.3 Å². The number of aromatic hydroxyl groups is 1. The Labute approximate surface area is 168 Å². The van der Waals surface area contributed by atoms with Crippen LogP contribution in [0.25, 0.3) is 10.8 Å². The highest BCUT2D eigenvalue weighted by Gasteiger charge is 2.51. The zero-order valence-corrected chi connectivity index (χ0v) is 17.1. The molecule has 0 amide bonds. The molecular formula is C26H34NO+. The van der Waals surface area contributed by atoms with Gasteiger partial charge in [0.1, 0.15) is 12.3 Å². The van der Waals surface area contributed by atoms with E-state index in [-0.39, 0.29) is 0 Å². The van der Waals surface area contributed by atoms with Crippen LogP contribution in [0.4, 0.5) is 0 Å². The Kier molecular flexibility index (Phi) is 4.01. The summed E-state index contributed by atoms with van der Waals surface area (Å²) in [7, 11) is 0. The Hall–Kier alpha value is -1.54. The van der Waals surface area contributed by atoms with Gasteiger partial charge in [0.05, 0.1) is 18.7 Å². The number of piperidine rings is 1. The lowest BCUT2D eigenvalue weighted by molar-refractivity contribution is -0.918. The van der Waals surface area contributed by atoms with Crippen LogP contribution < -0.4 is 4.90 Å². The second kappa shape index (κ2) is 6.49. The van der Waals surface area contributed by atoms with Crippen molar-refractivity contribution in [3.8, 4) is 5.75 Å². The molecule has 0 spiro atoms. The van der Waals surface area contributed by atoms with Gasteiger partial charge in [0, 0.05) is 0 Å². The van der Waals surface area contributed by atoms with Crippen molar-refractivity contribution in [2.45, 2.75) is 69.7 Å². The number of fused-ring (bicyclic) bond motifs is 1. The quantitative estimate of drug-likeness (QED) is 0.805. The molecule has 0 atom stereocenters. The number of benzene rings is 2. The van der Waals surface area contributed by atoms with Gasteiger partial charge < -0.3 is 10.0 Å². The van der Waals surface area contributed by atoms with E-state index in [0.717, 1.165) is 24.3 Å². The standard InChI is InChI=1S/C26H33NO/c28-25-7-5-21-4-6-22(13-23(21)24(25)17-27-8-2-1-3-9-27)26-14-18-10-19(15-26)12-20(11-18)16-26/h4-7,13,18-20,28H,1-3,8-12,14-17H2/p+1. The summed E-state index contributed by atoms with van der Waals surface area (Å²) in [5.41, 5.74) is 3.21. The molecule has 0 unspecified atom stereocenters. The Morgan fingerprint density at radius 3 is 2.18 bits per heavy atom.